The Hall–Kier alpha value is -1.33. The Bertz CT molecular complexity index is 550. The van der Waals surface area contributed by atoms with E-state index in [2.05, 4.69) is 6.58 Å². The number of benzene rings is 1. The molecule has 0 aliphatic carbocycles. The number of sulfonamides is 1. The average Bonchev–Trinajstić information content (AvgIpc) is 2.30. The molecule has 0 heterocycles. The molecule has 18 heavy (non-hydrogen) atoms. The second-order valence-corrected chi connectivity index (χ2v) is 6.12. The van der Waals surface area contributed by atoms with Gasteiger partial charge in [-0.05, 0) is 37.1 Å². The van der Waals surface area contributed by atoms with Crippen LogP contribution in [0.3, 0.4) is 0 Å². The van der Waals surface area contributed by atoms with Gasteiger partial charge in [-0.15, -0.1) is 6.58 Å². The first kappa shape index (κ1) is 14.7. The quantitative estimate of drug-likeness (QED) is 0.657. The number of hydrogen-bond donors (Lipinski definition) is 1. The number of nitrogen functional groups attached to an aromatic ring is 1. The summed E-state index contributed by atoms with van der Waals surface area (Å²) in [6, 6.07) is 3.33. The molecule has 1 aromatic carbocycles. The molecule has 0 fully saturated rings. The van der Waals surface area contributed by atoms with Crippen LogP contribution in [0.5, 0.6) is 0 Å². The van der Waals surface area contributed by atoms with E-state index in [0.29, 0.717) is 12.2 Å². The first-order valence-corrected chi connectivity index (χ1v) is 7.26. The Morgan fingerprint density at radius 3 is 2.39 bits per heavy atom. The Morgan fingerprint density at radius 1 is 1.33 bits per heavy atom. The zero-order valence-corrected chi connectivity index (χ0v) is 11.9. The van der Waals surface area contributed by atoms with Crippen LogP contribution in [0.1, 0.15) is 18.1 Å². The summed E-state index contributed by atoms with van der Waals surface area (Å²) in [6.07, 6.45) is 1.57. The number of nitrogens with two attached hydrogens (primary N) is 1. The molecule has 0 amide bonds. The zero-order valence-electron chi connectivity index (χ0n) is 11.1. The standard InChI is InChI=1S/C13H20N2O2S/c1-5-7-15(6-2)18(16,17)13-9-11(4)10(3)8-12(13)14/h5,8-9H,1,6-7,14H2,2-4H3. The van der Waals surface area contributed by atoms with Crippen LogP contribution in [0.4, 0.5) is 5.69 Å². The highest BCUT2D eigenvalue weighted by atomic mass is 32.2. The molecule has 0 aromatic heterocycles. The zero-order chi connectivity index (χ0) is 13.9. The lowest BCUT2D eigenvalue weighted by molar-refractivity contribution is 0.460. The summed E-state index contributed by atoms with van der Waals surface area (Å²) in [7, 11) is -3.55. The summed E-state index contributed by atoms with van der Waals surface area (Å²) in [6.45, 7) is 9.81. The van der Waals surface area contributed by atoms with E-state index in [4.69, 9.17) is 5.73 Å². The van der Waals surface area contributed by atoms with Gasteiger partial charge in [0.25, 0.3) is 0 Å². The van der Waals surface area contributed by atoms with Crippen molar-refractivity contribution in [1.29, 1.82) is 0 Å². The van der Waals surface area contributed by atoms with E-state index in [-0.39, 0.29) is 11.4 Å². The van der Waals surface area contributed by atoms with Crippen LogP contribution in [-0.4, -0.2) is 25.8 Å². The summed E-state index contributed by atoms with van der Waals surface area (Å²) in [5, 5.41) is 0. The second-order valence-electron chi connectivity index (χ2n) is 4.22. The second kappa shape index (κ2) is 5.54. The number of anilines is 1. The molecule has 4 nitrogen and oxygen atoms in total. The molecule has 0 atom stereocenters. The number of hydrogen-bond acceptors (Lipinski definition) is 3. The lowest BCUT2D eigenvalue weighted by Crippen LogP contribution is -2.31. The van der Waals surface area contributed by atoms with Gasteiger partial charge in [-0.1, -0.05) is 13.0 Å². The van der Waals surface area contributed by atoms with Crippen molar-refractivity contribution < 1.29 is 8.42 Å². The number of nitrogens with zero attached hydrogens (tertiary/aromatic N) is 1. The van der Waals surface area contributed by atoms with Gasteiger partial charge in [-0.25, -0.2) is 8.42 Å². The van der Waals surface area contributed by atoms with Crippen LogP contribution in [0.25, 0.3) is 0 Å². The molecule has 1 aromatic rings. The van der Waals surface area contributed by atoms with Crippen molar-refractivity contribution in [3.8, 4) is 0 Å². The molecule has 0 aliphatic rings. The minimum absolute atomic E-state index is 0.175. The average molecular weight is 268 g/mol. The van der Waals surface area contributed by atoms with Gasteiger partial charge in [0.15, 0.2) is 0 Å². The third-order valence-corrected chi connectivity index (χ3v) is 4.93. The number of likely N-dealkylation sites (N-methyl/N-ethyl adjacent to an activating group) is 1. The largest absolute Gasteiger partial charge is 0.398 e. The normalized spacial score (nSPS) is 11.8. The van der Waals surface area contributed by atoms with Gasteiger partial charge in [0, 0.05) is 13.1 Å². The van der Waals surface area contributed by atoms with Gasteiger partial charge in [-0.3, -0.25) is 0 Å². The maximum atomic E-state index is 12.4. The van der Waals surface area contributed by atoms with E-state index in [1.54, 1.807) is 25.1 Å². The third kappa shape index (κ3) is 2.73. The first-order valence-electron chi connectivity index (χ1n) is 5.82. The minimum atomic E-state index is -3.55. The Kier molecular flexibility index (Phi) is 4.53. The molecule has 2 N–H and O–H groups in total. The van der Waals surface area contributed by atoms with Crippen molar-refractivity contribution in [2.75, 3.05) is 18.8 Å². The number of aryl methyl sites for hydroxylation is 2. The van der Waals surface area contributed by atoms with Gasteiger partial charge in [0.05, 0.1) is 5.69 Å². The molecule has 1 rings (SSSR count). The van der Waals surface area contributed by atoms with Gasteiger partial charge >= 0.3 is 0 Å². The van der Waals surface area contributed by atoms with Gasteiger partial charge in [0.2, 0.25) is 10.0 Å². The van der Waals surface area contributed by atoms with Crippen molar-refractivity contribution >= 4 is 15.7 Å². The highest BCUT2D eigenvalue weighted by molar-refractivity contribution is 7.89. The summed E-state index contributed by atoms with van der Waals surface area (Å²) < 4.78 is 26.2. The van der Waals surface area contributed by atoms with Crippen LogP contribution in [0.2, 0.25) is 0 Å². The summed E-state index contributed by atoms with van der Waals surface area (Å²) >= 11 is 0. The van der Waals surface area contributed by atoms with Crippen molar-refractivity contribution in [2.24, 2.45) is 0 Å². The van der Waals surface area contributed by atoms with Crippen molar-refractivity contribution in [3.05, 3.63) is 35.9 Å². The predicted octanol–water partition coefficient (Wildman–Crippen LogP) is 2.08. The molecule has 0 aliphatic heterocycles. The minimum Gasteiger partial charge on any atom is -0.398 e. The molecular weight excluding hydrogens is 248 g/mol. The Balaban J connectivity index is 3.36. The van der Waals surface area contributed by atoms with Crippen LogP contribution in [0.15, 0.2) is 29.7 Å². The molecule has 0 spiro atoms. The monoisotopic (exact) mass is 268 g/mol. The smallest absolute Gasteiger partial charge is 0.245 e. The summed E-state index contributed by atoms with van der Waals surface area (Å²) in [5.74, 6) is 0. The summed E-state index contributed by atoms with van der Waals surface area (Å²) in [4.78, 5) is 0.175. The Labute approximate surface area is 109 Å². The third-order valence-electron chi connectivity index (χ3n) is 2.93. The number of rotatable bonds is 5. The van der Waals surface area contributed by atoms with Crippen molar-refractivity contribution in [1.82, 2.24) is 4.31 Å². The van der Waals surface area contributed by atoms with Crippen molar-refractivity contribution in [2.45, 2.75) is 25.7 Å². The molecule has 0 saturated carbocycles. The lowest BCUT2D eigenvalue weighted by atomic mass is 10.1. The van der Waals surface area contributed by atoms with E-state index >= 15 is 0 Å². The van der Waals surface area contributed by atoms with E-state index in [0.717, 1.165) is 11.1 Å². The highest BCUT2D eigenvalue weighted by Crippen LogP contribution is 2.25. The molecule has 0 radical (unpaired) electrons. The van der Waals surface area contributed by atoms with Gasteiger partial charge < -0.3 is 5.73 Å². The van der Waals surface area contributed by atoms with E-state index in [1.165, 1.54) is 4.31 Å². The highest BCUT2D eigenvalue weighted by Gasteiger charge is 2.24. The van der Waals surface area contributed by atoms with Crippen molar-refractivity contribution in [3.63, 3.8) is 0 Å². The molecular formula is C13H20N2O2S. The molecule has 100 valence electrons. The van der Waals surface area contributed by atoms with Crippen LogP contribution in [-0.2, 0) is 10.0 Å². The lowest BCUT2D eigenvalue weighted by Gasteiger charge is -2.20. The Morgan fingerprint density at radius 2 is 1.89 bits per heavy atom. The topological polar surface area (TPSA) is 63.4 Å². The van der Waals surface area contributed by atoms with E-state index in [9.17, 15) is 8.42 Å². The van der Waals surface area contributed by atoms with Crippen LogP contribution >= 0.6 is 0 Å². The SMILES string of the molecule is C=CCN(CC)S(=O)(=O)c1cc(C)c(C)cc1N. The van der Waals surface area contributed by atoms with Crippen LogP contribution in [0, 0.1) is 13.8 Å². The molecule has 0 bridgehead atoms. The summed E-state index contributed by atoms with van der Waals surface area (Å²) in [5.41, 5.74) is 8.02. The van der Waals surface area contributed by atoms with Gasteiger partial charge in [0.1, 0.15) is 4.90 Å². The maximum absolute atomic E-state index is 12.4. The maximum Gasteiger partial charge on any atom is 0.245 e. The fraction of sp³-hybridized carbons (Fsp3) is 0.385. The molecule has 5 heteroatoms. The van der Waals surface area contributed by atoms with E-state index < -0.39 is 10.0 Å². The predicted molar refractivity (Wildman–Crippen MR) is 75.0 cm³/mol. The first-order chi connectivity index (χ1) is 8.34. The molecule has 0 unspecified atom stereocenters. The van der Waals surface area contributed by atoms with Gasteiger partial charge in [-0.2, -0.15) is 4.31 Å². The fourth-order valence-electron chi connectivity index (χ4n) is 1.72. The molecule has 0 saturated heterocycles. The fourth-order valence-corrected chi connectivity index (χ4v) is 3.32. The van der Waals surface area contributed by atoms with Crippen LogP contribution < -0.4 is 5.73 Å². The van der Waals surface area contributed by atoms with E-state index in [1.807, 2.05) is 13.8 Å².